The summed E-state index contributed by atoms with van der Waals surface area (Å²) >= 11 is 0. The lowest BCUT2D eigenvalue weighted by Crippen LogP contribution is -2.53. The van der Waals surface area contributed by atoms with Crippen LogP contribution in [0.4, 0.5) is 10.2 Å². The quantitative estimate of drug-likeness (QED) is 0.547. The summed E-state index contributed by atoms with van der Waals surface area (Å²) in [6.45, 7) is 5.16. The van der Waals surface area contributed by atoms with Gasteiger partial charge in [0.15, 0.2) is 0 Å². The number of rotatable bonds is 5. The zero-order valence-corrected chi connectivity index (χ0v) is 24.0. The fourth-order valence-electron chi connectivity index (χ4n) is 7.85. The van der Waals surface area contributed by atoms with Crippen LogP contribution in [0.2, 0.25) is 0 Å². The largest absolute Gasteiger partial charge is 0.473 e. The second kappa shape index (κ2) is 9.76. The molecule has 5 aliphatic rings. The van der Waals surface area contributed by atoms with E-state index in [9.17, 15) is 9.18 Å². The maximum absolute atomic E-state index is 14.2. The van der Waals surface area contributed by atoms with E-state index in [0.717, 1.165) is 75.2 Å². The van der Waals surface area contributed by atoms with Gasteiger partial charge in [0.1, 0.15) is 29.6 Å². The number of carbonyl (C=O) groups excluding carboxylic acids is 1. The minimum absolute atomic E-state index is 0.0227. The van der Waals surface area contributed by atoms with E-state index in [2.05, 4.69) is 22.0 Å². The highest BCUT2D eigenvalue weighted by atomic mass is 19.1. The van der Waals surface area contributed by atoms with Gasteiger partial charge < -0.3 is 14.2 Å². The first-order valence-electron chi connectivity index (χ1n) is 15.2. The molecule has 10 heteroatoms. The standard InChI is InChI=1S/C30H41FN6O3/c1-19(22-15-20(31)17-35(22)2)39-25-16-24(37-14-13-36(3)29(18-37)11-12-29)32-28(33-25)26-21-7-6-10-30(27(21)34-40-26)9-5-4-8-23(30)38/h16,19-20,22H,4-15,17-18H2,1-3H3/t19-,20+,22-,30+/m0/s1. The molecule has 4 heterocycles. The van der Waals surface area contributed by atoms with Gasteiger partial charge in [-0.3, -0.25) is 14.6 Å². The van der Waals surface area contributed by atoms with Crippen molar-refractivity contribution in [2.24, 2.45) is 0 Å². The van der Waals surface area contributed by atoms with Crippen LogP contribution < -0.4 is 9.64 Å². The third-order valence-corrected chi connectivity index (χ3v) is 10.5. The molecule has 2 aromatic rings. The van der Waals surface area contributed by atoms with Crippen molar-refractivity contribution < 1.29 is 18.4 Å². The Bertz CT molecular complexity index is 1300. The normalized spacial score (nSPS) is 31.1. The summed E-state index contributed by atoms with van der Waals surface area (Å²) in [5, 5.41) is 4.53. The number of ether oxygens (including phenoxy) is 1. The van der Waals surface area contributed by atoms with Crippen LogP contribution in [0.15, 0.2) is 10.6 Å². The number of hydrogen-bond donors (Lipinski definition) is 0. The van der Waals surface area contributed by atoms with Crippen molar-refractivity contribution in [2.75, 3.05) is 45.2 Å². The summed E-state index contributed by atoms with van der Waals surface area (Å²) in [6, 6.07) is 1.91. The van der Waals surface area contributed by atoms with E-state index >= 15 is 0 Å². The molecule has 7 rings (SSSR count). The Labute approximate surface area is 235 Å². The Kier molecular flexibility index (Phi) is 6.42. The van der Waals surface area contributed by atoms with Crippen LogP contribution in [0.25, 0.3) is 11.6 Å². The van der Waals surface area contributed by atoms with Crippen molar-refractivity contribution >= 4 is 11.6 Å². The lowest BCUT2D eigenvalue weighted by Gasteiger charge is -2.40. The molecule has 2 spiro atoms. The van der Waals surface area contributed by atoms with Gasteiger partial charge in [0.05, 0.1) is 5.41 Å². The molecule has 3 aliphatic carbocycles. The molecule has 0 amide bonds. The highest BCUT2D eigenvalue weighted by molar-refractivity contribution is 5.91. The summed E-state index contributed by atoms with van der Waals surface area (Å²) < 4.78 is 26.6. The van der Waals surface area contributed by atoms with Crippen LogP contribution in [0.1, 0.15) is 76.0 Å². The number of Topliss-reactive ketones (excluding diaryl/α,β-unsaturated/α-hetero) is 1. The van der Waals surface area contributed by atoms with E-state index in [-0.39, 0.29) is 17.7 Å². The number of likely N-dealkylation sites (tertiary alicyclic amines) is 1. The third-order valence-electron chi connectivity index (χ3n) is 10.5. The molecule has 2 saturated heterocycles. The molecule has 2 saturated carbocycles. The number of alkyl halides is 1. The number of anilines is 1. The molecule has 0 N–H and O–H groups in total. The molecule has 2 aromatic heterocycles. The minimum Gasteiger partial charge on any atom is -0.473 e. The van der Waals surface area contributed by atoms with Crippen molar-refractivity contribution in [2.45, 2.75) is 100 Å². The van der Waals surface area contributed by atoms with E-state index in [4.69, 9.17) is 19.2 Å². The predicted octanol–water partition coefficient (Wildman–Crippen LogP) is 3.94. The maximum atomic E-state index is 14.2. The first kappa shape index (κ1) is 26.3. The number of aromatic nitrogens is 3. The molecule has 216 valence electrons. The van der Waals surface area contributed by atoms with Crippen LogP contribution in [-0.2, 0) is 16.6 Å². The molecule has 4 atom stereocenters. The molecule has 0 radical (unpaired) electrons. The number of carbonyl (C=O) groups is 1. The lowest BCUT2D eigenvalue weighted by atomic mass is 9.64. The van der Waals surface area contributed by atoms with Crippen LogP contribution in [0.5, 0.6) is 5.88 Å². The number of hydrogen-bond acceptors (Lipinski definition) is 9. The Morgan fingerprint density at radius 2 is 1.93 bits per heavy atom. The second-order valence-corrected chi connectivity index (χ2v) is 13.0. The van der Waals surface area contributed by atoms with Gasteiger partial charge in [-0.2, -0.15) is 4.98 Å². The molecule has 4 fully saturated rings. The summed E-state index contributed by atoms with van der Waals surface area (Å²) in [5.74, 6) is 2.60. The Morgan fingerprint density at radius 3 is 2.67 bits per heavy atom. The van der Waals surface area contributed by atoms with Gasteiger partial charge in [0.2, 0.25) is 17.5 Å². The van der Waals surface area contributed by atoms with E-state index in [0.29, 0.717) is 42.6 Å². The van der Waals surface area contributed by atoms with Crippen LogP contribution >= 0.6 is 0 Å². The van der Waals surface area contributed by atoms with Gasteiger partial charge in [-0.05, 0) is 72.4 Å². The van der Waals surface area contributed by atoms with Gasteiger partial charge >= 0.3 is 0 Å². The van der Waals surface area contributed by atoms with Crippen molar-refractivity contribution in [1.82, 2.24) is 24.9 Å². The zero-order chi connectivity index (χ0) is 27.6. The molecular formula is C30H41FN6O3. The monoisotopic (exact) mass is 552 g/mol. The fraction of sp³-hybridized carbons (Fsp3) is 0.733. The topological polar surface area (TPSA) is 87.8 Å². The van der Waals surface area contributed by atoms with E-state index < -0.39 is 11.6 Å². The number of ketones is 1. The molecule has 40 heavy (non-hydrogen) atoms. The average molecular weight is 553 g/mol. The van der Waals surface area contributed by atoms with Crippen LogP contribution in [-0.4, -0.2) is 94.8 Å². The van der Waals surface area contributed by atoms with Gasteiger partial charge in [0.25, 0.3) is 0 Å². The second-order valence-electron chi connectivity index (χ2n) is 13.0. The van der Waals surface area contributed by atoms with Crippen LogP contribution in [0, 0.1) is 0 Å². The molecule has 0 bridgehead atoms. The van der Waals surface area contributed by atoms with Gasteiger partial charge in [-0.25, -0.2) is 9.37 Å². The van der Waals surface area contributed by atoms with E-state index in [1.807, 2.05) is 24.9 Å². The highest BCUT2D eigenvalue weighted by Gasteiger charge is 2.50. The van der Waals surface area contributed by atoms with Crippen LogP contribution in [0.3, 0.4) is 0 Å². The lowest BCUT2D eigenvalue weighted by molar-refractivity contribution is -0.127. The SMILES string of the molecule is C[C@H](Oc1cc(N2CCN(C)C3(CC3)C2)nc(-c2onc3c2CCC[C@@]32CCCCC2=O)n1)[C@@H]1C[C@@H](F)CN1C. The summed E-state index contributed by atoms with van der Waals surface area (Å²) in [7, 11) is 4.16. The van der Waals surface area contributed by atoms with Gasteiger partial charge in [0, 0.05) is 55.8 Å². The molecule has 2 aliphatic heterocycles. The number of nitrogens with zero attached hydrogens (tertiary/aromatic N) is 6. The molecule has 9 nitrogen and oxygen atoms in total. The zero-order valence-electron chi connectivity index (χ0n) is 24.0. The number of piperazine rings is 1. The fourth-order valence-corrected chi connectivity index (χ4v) is 7.85. The van der Waals surface area contributed by atoms with Gasteiger partial charge in [-0.1, -0.05) is 11.6 Å². The highest BCUT2D eigenvalue weighted by Crippen LogP contribution is 2.48. The Hall–Kier alpha value is -2.59. The Balaban J connectivity index is 1.26. The Morgan fingerprint density at radius 1 is 1.10 bits per heavy atom. The summed E-state index contributed by atoms with van der Waals surface area (Å²) in [5.41, 5.74) is 1.48. The molecule has 0 unspecified atom stereocenters. The predicted molar refractivity (Wildman–Crippen MR) is 148 cm³/mol. The number of halogens is 1. The number of likely N-dealkylation sites (N-methyl/N-ethyl adjacent to an activating group) is 2. The van der Waals surface area contributed by atoms with Gasteiger partial charge in [-0.15, -0.1) is 0 Å². The molecular weight excluding hydrogens is 511 g/mol. The maximum Gasteiger partial charge on any atom is 0.219 e. The van der Waals surface area contributed by atoms with E-state index in [1.54, 1.807) is 0 Å². The average Bonchev–Trinajstić information content (AvgIpc) is 3.42. The summed E-state index contributed by atoms with van der Waals surface area (Å²) in [4.78, 5) is 29.9. The number of fused-ring (bicyclic) bond motifs is 2. The minimum atomic E-state index is -0.840. The van der Waals surface area contributed by atoms with Crippen molar-refractivity contribution in [3.8, 4) is 17.5 Å². The smallest absolute Gasteiger partial charge is 0.219 e. The summed E-state index contributed by atoms with van der Waals surface area (Å²) in [6.07, 6.45) is 7.77. The molecule has 0 aromatic carbocycles. The third kappa shape index (κ3) is 4.33. The van der Waals surface area contributed by atoms with E-state index in [1.165, 1.54) is 12.8 Å². The first-order chi connectivity index (χ1) is 19.3. The van der Waals surface area contributed by atoms with Crippen molar-refractivity contribution in [3.05, 3.63) is 17.3 Å². The van der Waals surface area contributed by atoms with Crippen molar-refractivity contribution in [3.63, 3.8) is 0 Å². The first-order valence-corrected chi connectivity index (χ1v) is 15.2. The van der Waals surface area contributed by atoms with Crippen molar-refractivity contribution in [1.29, 1.82) is 0 Å².